The van der Waals surface area contributed by atoms with E-state index in [1.165, 1.54) is 0 Å². The Kier molecular flexibility index (Phi) is 3.76. The molecule has 1 saturated heterocycles. The van der Waals surface area contributed by atoms with Crippen molar-refractivity contribution in [1.82, 2.24) is 9.97 Å². The molecule has 1 aromatic heterocycles. The van der Waals surface area contributed by atoms with Gasteiger partial charge in [-0.05, 0) is 18.4 Å². The van der Waals surface area contributed by atoms with E-state index < -0.39 is 18.0 Å². The van der Waals surface area contributed by atoms with Gasteiger partial charge in [-0.1, -0.05) is 6.92 Å². The molecule has 0 aliphatic carbocycles. The van der Waals surface area contributed by atoms with E-state index in [0.717, 1.165) is 12.0 Å². The highest BCUT2D eigenvalue weighted by Crippen LogP contribution is 2.21. The number of nitrogens with zero attached hydrogens (tertiary/aromatic N) is 3. The number of aryl methyl sites for hydroxylation is 1. The van der Waals surface area contributed by atoms with Gasteiger partial charge in [-0.15, -0.1) is 0 Å². The van der Waals surface area contributed by atoms with Crippen molar-refractivity contribution in [3.05, 3.63) is 18.0 Å². The van der Waals surface area contributed by atoms with E-state index in [2.05, 4.69) is 9.97 Å². The zero-order valence-electron chi connectivity index (χ0n) is 10.3. The van der Waals surface area contributed by atoms with Crippen LogP contribution in [0.25, 0.3) is 0 Å². The monoisotopic (exact) mass is 251 g/mol. The minimum atomic E-state index is -0.975. The summed E-state index contributed by atoms with van der Waals surface area (Å²) in [4.78, 5) is 21.3. The normalized spacial score (nSPS) is 24.0. The van der Waals surface area contributed by atoms with Crippen LogP contribution in [0, 0.1) is 5.92 Å². The Morgan fingerprint density at radius 1 is 1.50 bits per heavy atom. The Morgan fingerprint density at radius 3 is 2.72 bits per heavy atom. The van der Waals surface area contributed by atoms with Crippen LogP contribution in [-0.2, 0) is 11.2 Å². The molecule has 98 valence electrons. The van der Waals surface area contributed by atoms with E-state index in [1.54, 1.807) is 12.4 Å². The van der Waals surface area contributed by atoms with Crippen molar-refractivity contribution >= 4 is 11.9 Å². The maximum absolute atomic E-state index is 11.0. The van der Waals surface area contributed by atoms with Crippen molar-refractivity contribution in [2.24, 2.45) is 5.92 Å². The predicted molar refractivity (Wildman–Crippen MR) is 65.4 cm³/mol. The molecule has 1 aliphatic heterocycles. The Bertz CT molecular complexity index is 421. The minimum absolute atomic E-state index is 0.252. The van der Waals surface area contributed by atoms with Gasteiger partial charge in [-0.2, -0.15) is 0 Å². The summed E-state index contributed by atoms with van der Waals surface area (Å²) in [6.45, 7) is 2.86. The standard InChI is InChI=1S/C12H17N3O3/c1-2-8-5-13-12(14-6-8)15-4-3-10(16)9(7-15)11(17)18/h5-6,9-10,16H,2-4,7H2,1H3,(H,17,18)/t9-,10+/m0/s1. The zero-order chi connectivity index (χ0) is 13.1. The third kappa shape index (κ3) is 2.59. The van der Waals surface area contributed by atoms with E-state index in [9.17, 15) is 9.90 Å². The van der Waals surface area contributed by atoms with E-state index in [4.69, 9.17) is 5.11 Å². The molecular weight excluding hydrogens is 234 g/mol. The van der Waals surface area contributed by atoms with Crippen LogP contribution in [0.4, 0.5) is 5.95 Å². The number of carboxylic acids is 1. The molecule has 0 amide bonds. The maximum atomic E-state index is 11.0. The fraction of sp³-hybridized carbons (Fsp3) is 0.583. The van der Waals surface area contributed by atoms with Gasteiger partial charge in [0, 0.05) is 25.5 Å². The molecule has 0 radical (unpaired) electrons. The maximum Gasteiger partial charge on any atom is 0.310 e. The van der Waals surface area contributed by atoms with Crippen LogP contribution in [0.2, 0.25) is 0 Å². The molecule has 0 aromatic carbocycles. The Labute approximate surface area is 105 Å². The van der Waals surface area contributed by atoms with Gasteiger partial charge in [-0.25, -0.2) is 9.97 Å². The Hall–Kier alpha value is -1.69. The summed E-state index contributed by atoms with van der Waals surface area (Å²) in [5.41, 5.74) is 1.05. The smallest absolute Gasteiger partial charge is 0.310 e. The summed E-state index contributed by atoms with van der Waals surface area (Å²) < 4.78 is 0. The largest absolute Gasteiger partial charge is 0.481 e. The van der Waals surface area contributed by atoms with Crippen LogP contribution in [0.1, 0.15) is 18.9 Å². The lowest BCUT2D eigenvalue weighted by atomic mass is 9.95. The van der Waals surface area contributed by atoms with Crippen LogP contribution in [0.3, 0.4) is 0 Å². The number of aliphatic hydroxyl groups excluding tert-OH is 1. The lowest BCUT2D eigenvalue weighted by Crippen LogP contribution is -2.47. The van der Waals surface area contributed by atoms with Gasteiger partial charge in [0.25, 0.3) is 0 Å². The van der Waals surface area contributed by atoms with Crippen molar-refractivity contribution in [2.75, 3.05) is 18.0 Å². The van der Waals surface area contributed by atoms with E-state index in [-0.39, 0.29) is 6.54 Å². The van der Waals surface area contributed by atoms with E-state index >= 15 is 0 Å². The minimum Gasteiger partial charge on any atom is -0.481 e. The number of anilines is 1. The summed E-state index contributed by atoms with van der Waals surface area (Å²) in [5.74, 6) is -1.21. The summed E-state index contributed by atoms with van der Waals surface area (Å²) >= 11 is 0. The van der Waals surface area contributed by atoms with Crippen molar-refractivity contribution in [1.29, 1.82) is 0 Å². The molecule has 2 atom stereocenters. The molecule has 18 heavy (non-hydrogen) atoms. The second kappa shape index (κ2) is 5.30. The topological polar surface area (TPSA) is 86.5 Å². The number of hydrogen-bond acceptors (Lipinski definition) is 5. The fourth-order valence-corrected chi connectivity index (χ4v) is 2.06. The number of rotatable bonds is 3. The Morgan fingerprint density at radius 2 is 2.17 bits per heavy atom. The average Bonchev–Trinajstić information content (AvgIpc) is 2.39. The molecule has 2 N–H and O–H groups in total. The first-order valence-corrected chi connectivity index (χ1v) is 6.08. The van der Waals surface area contributed by atoms with Crippen molar-refractivity contribution in [3.63, 3.8) is 0 Å². The number of aliphatic hydroxyl groups is 1. The van der Waals surface area contributed by atoms with Gasteiger partial charge in [0.2, 0.25) is 5.95 Å². The first-order chi connectivity index (χ1) is 8.61. The van der Waals surface area contributed by atoms with Crippen LogP contribution < -0.4 is 4.90 Å². The third-order valence-electron chi connectivity index (χ3n) is 3.28. The van der Waals surface area contributed by atoms with E-state index in [0.29, 0.717) is 18.9 Å². The highest BCUT2D eigenvalue weighted by atomic mass is 16.4. The van der Waals surface area contributed by atoms with Crippen LogP contribution >= 0.6 is 0 Å². The van der Waals surface area contributed by atoms with Crippen LogP contribution in [0.15, 0.2) is 12.4 Å². The van der Waals surface area contributed by atoms with Crippen molar-refractivity contribution < 1.29 is 15.0 Å². The molecule has 0 unspecified atom stereocenters. The highest BCUT2D eigenvalue weighted by Gasteiger charge is 2.33. The van der Waals surface area contributed by atoms with Crippen molar-refractivity contribution in [3.8, 4) is 0 Å². The summed E-state index contributed by atoms with van der Waals surface area (Å²) in [7, 11) is 0. The number of carbonyl (C=O) groups is 1. The average molecular weight is 251 g/mol. The van der Waals surface area contributed by atoms with Gasteiger partial charge in [0.1, 0.15) is 5.92 Å². The number of hydrogen-bond donors (Lipinski definition) is 2. The van der Waals surface area contributed by atoms with Gasteiger partial charge >= 0.3 is 5.97 Å². The van der Waals surface area contributed by atoms with Gasteiger partial charge < -0.3 is 15.1 Å². The first-order valence-electron chi connectivity index (χ1n) is 6.08. The zero-order valence-corrected chi connectivity index (χ0v) is 10.3. The van der Waals surface area contributed by atoms with Gasteiger partial charge in [0.15, 0.2) is 0 Å². The van der Waals surface area contributed by atoms with Crippen LogP contribution in [0.5, 0.6) is 0 Å². The second-order valence-corrected chi connectivity index (χ2v) is 4.49. The molecule has 2 heterocycles. The summed E-state index contributed by atoms with van der Waals surface area (Å²) in [6, 6.07) is 0. The second-order valence-electron chi connectivity index (χ2n) is 4.49. The van der Waals surface area contributed by atoms with Crippen molar-refractivity contribution in [2.45, 2.75) is 25.9 Å². The lowest BCUT2D eigenvalue weighted by molar-refractivity contribution is -0.146. The predicted octanol–water partition coefficient (Wildman–Crippen LogP) is 0.311. The molecular formula is C12H17N3O3. The molecule has 6 nitrogen and oxygen atoms in total. The molecule has 6 heteroatoms. The molecule has 1 fully saturated rings. The van der Waals surface area contributed by atoms with Gasteiger partial charge in [0.05, 0.1) is 6.10 Å². The number of aromatic nitrogens is 2. The number of carboxylic acid groups (broad SMARTS) is 1. The highest BCUT2D eigenvalue weighted by molar-refractivity contribution is 5.72. The summed E-state index contributed by atoms with van der Waals surface area (Å²) in [5, 5.41) is 18.7. The SMILES string of the molecule is CCc1cnc(N2CC[C@@H](O)[C@@H](C(=O)O)C2)nc1. The summed E-state index contributed by atoms with van der Waals surface area (Å²) in [6.07, 6.45) is 4.02. The first kappa shape index (κ1) is 12.8. The molecule has 0 bridgehead atoms. The quantitative estimate of drug-likeness (QED) is 0.804. The number of piperidine rings is 1. The third-order valence-corrected chi connectivity index (χ3v) is 3.28. The molecule has 0 spiro atoms. The van der Waals surface area contributed by atoms with E-state index in [1.807, 2.05) is 11.8 Å². The van der Waals surface area contributed by atoms with Crippen LogP contribution in [-0.4, -0.2) is 45.3 Å². The number of aliphatic carboxylic acids is 1. The molecule has 0 saturated carbocycles. The Balaban J connectivity index is 2.11. The molecule has 1 aromatic rings. The lowest BCUT2D eigenvalue weighted by Gasteiger charge is -2.33. The van der Waals surface area contributed by atoms with Gasteiger partial charge in [-0.3, -0.25) is 4.79 Å². The molecule has 1 aliphatic rings. The fourth-order valence-electron chi connectivity index (χ4n) is 2.06. The molecule has 2 rings (SSSR count).